The van der Waals surface area contributed by atoms with Crippen molar-refractivity contribution in [1.29, 1.82) is 0 Å². The largest absolute Gasteiger partial charge is 0.347 e. The Morgan fingerprint density at radius 2 is 1.53 bits per heavy atom. The van der Waals surface area contributed by atoms with E-state index in [9.17, 15) is 32.4 Å². The molecule has 0 radical (unpaired) electrons. The Bertz CT molecular complexity index is 1540. The number of likely N-dealkylation sites (tertiary alicyclic amines) is 1. The van der Waals surface area contributed by atoms with Crippen molar-refractivity contribution >= 4 is 39.6 Å². The Hall–Kier alpha value is -2.74. The minimum atomic E-state index is -3.76. The SMILES string of the molecule is CCN(C(C)(C)C)S(=O)(=O)CC1(NC(=O)N[C@H](C(=O)N2C[C@H]3[C@@H]([C@H]2C(=O)N[C@@H](CCC2CC2)C(=O)C(=O)NC2CC2)C3(C)C)C(C)(C)C)CCCCC1. The Morgan fingerprint density at radius 1 is 0.906 bits per heavy atom. The third kappa shape index (κ3) is 9.56. The number of piperidine rings is 1. The molecule has 5 atom stereocenters. The molecule has 0 aromatic carbocycles. The van der Waals surface area contributed by atoms with E-state index in [0.29, 0.717) is 38.3 Å². The fraction of sp³-hybridized carbons (Fsp3) is 0.872. The number of nitrogens with one attached hydrogen (secondary N) is 4. The topological polar surface area (TPSA) is 174 Å². The third-order valence-electron chi connectivity index (χ3n) is 12.5. The number of carbonyl (C=O) groups excluding carboxylic acids is 5. The van der Waals surface area contributed by atoms with Crippen LogP contribution < -0.4 is 21.3 Å². The van der Waals surface area contributed by atoms with Crippen LogP contribution in [0.3, 0.4) is 0 Å². The number of hydrogen-bond donors (Lipinski definition) is 4. The first-order chi connectivity index (χ1) is 24.5. The molecule has 4 aliphatic carbocycles. The van der Waals surface area contributed by atoms with Gasteiger partial charge in [-0.25, -0.2) is 13.2 Å². The maximum absolute atomic E-state index is 14.6. The lowest BCUT2D eigenvalue weighted by Gasteiger charge is -2.42. The first kappa shape index (κ1) is 41.4. The maximum Gasteiger partial charge on any atom is 0.315 e. The van der Waals surface area contributed by atoms with Gasteiger partial charge in [-0.15, -0.1) is 0 Å². The zero-order valence-electron chi connectivity index (χ0n) is 33.6. The quantitative estimate of drug-likeness (QED) is 0.183. The molecule has 4 N–H and O–H groups in total. The Kier molecular flexibility index (Phi) is 11.8. The van der Waals surface area contributed by atoms with Crippen LogP contribution in [0, 0.1) is 28.6 Å². The van der Waals surface area contributed by atoms with Gasteiger partial charge in [0.2, 0.25) is 27.6 Å². The minimum absolute atomic E-state index is 0.00755. The second kappa shape index (κ2) is 15.1. The summed E-state index contributed by atoms with van der Waals surface area (Å²) in [4.78, 5) is 70.6. The predicted molar refractivity (Wildman–Crippen MR) is 203 cm³/mol. The van der Waals surface area contributed by atoms with Crippen molar-refractivity contribution in [1.82, 2.24) is 30.5 Å². The molecule has 0 aromatic rings. The molecule has 53 heavy (non-hydrogen) atoms. The lowest BCUT2D eigenvalue weighted by Crippen LogP contribution is -2.64. The molecule has 5 amide bonds. The van der Waals surface area contributed by atoms with Gasteiger partial charge in [-0.05, 0) is 87.9 Å². The van der Waals surface area contributed by atoms with E-state index in [-0.39, 0.29) is 29.0 Å². The van der Waals surface area contributed by atoms with Crippen LogP contribution in [0.2, 0.25) is 0 Å². The van der Waals surface area contributed by atoms with Crippen LogP contribution >= 0.6 is 0 Å². The first-order valence-electron chi connectivity index (χ1n) is 20.1. The normalized spacial score (nSPS) is 26.2. The average Bonchev–Trinajstić information content (AvgIpc) is 3.99. The monoisotopic (exact) mass is 762 g/mol. The summed E-state index contributed by atoms with van der Waals surface area (Å²) in [6.45, 7) is 17.7. The molecular weight excluding hydrogens is 697 g/mol. The van der Waals surface area contributed by atoms with Gasteiger partial charge in [0.25, 0.3) is 5.91 Å². The fourth-order valence-electron chi connectivity index (χ4n) is 9.06. The Morgan fingerprint density at radius 3 is 2.06 bits per heavy atom. The van der Waals surface area contributed by atoms with Gasteiger partial charge in [-0.1, -0.05) is 73.6 Å². The molecule has 1 aliphatic heterocycles. The second-order valence-electron chi connectivity index (χ2n) is 19.4. The predicted octanol–water partition coefficient (Wildman–Crippen LogP) is 3.86. The van der Waals surface area contributed by atoms with Gasteiger partial charge in [0.05, 0.1) is 17.3 Å². The summed E-state index contributed by atoms with van der Waals surface area (Å²) < 4.78 is 29.1. The van der Waals surface area contributed by atoms with Crippen LogP contribution in [-0.2, 0) is 29.2 Å². The van der Waals surface area contributed by atoms with E-state index in [2.05, 4.69) is 35.1 Å². The van der Waals surface area contributed by atoms with Gasteiger partial charge in [0, 0.05) is 24.7 Å². The zero-order chi connectivity index (χ0) is 39.3. The molecular formula is C39H66N6O7S. The number of urea groups is 1. The summed E-state index contributed by atoms with van der Waals surface area (Å²) in [6.07, 6.45) is 8.42. The summed E-state index contributed by atoms with van der Waals surface area (Å²) in [5.41, 5.74) is -2.59. The molecule has 0 unspecified atom stereocenters. The summed E-state index contributed by atoms with van der Waals surface area (Å²) in [5, 5.41) is 11.6. The van der Waals surface area contributed by atoms with Crippen molar-refractivity contribution in [2.75, 3.05) is 18.8 Å². The van der Waals surface area contributed by atoms with Crippen LogP contribution in [0.15, 0.2) is 0 Å². The number of fused-ring (bicyclic) bond motifs is 1. The van der Waals surface area contributed by atoms with Gasteiger partial charge in [0.1, 0.15) is 12.1 Å². The molecule has 5 aliphatic rings. The number of rotatable bonds is 15. The number of carbonyl (C=O) groups is 5. The third-order valence-corrected chi connectivity index (χ3v) is 14.9. The van der Waals surface area contributed by atoms with Gasteiger partial charge in [0.15, 0.2) is 0 Å². The fourth-order valence-corrected chi connectivity index (χ4v) is 11.5. The van der Waals surface area contributed by atoms with Crippen molar-refractivity contribution in [3.63, 3.8) is 0 Å². The van der Waals surface area contributed by atoms with E-state index in [1.54, 1.807) is 4.90 Å². The molecule has 0 spiro atoms. The Labute approximate surface area is 317 Å². The number of ketones is 1. The number of nitrogens with zero attached hydrogens (tertiary/aromatic N) is 2. The molecule has 1 heterocycles. The lowest BCUT2D eigenvalue weighted by molar-refractivity contribution is -0.145. The minimum Gasteiger partial charge on any atom is -0.347 e. The van der Waals surface area contributed by atoms with E-state index in [1.165, 1.54) is 4.31 Å². The van der Waals surface area contributed by atoms with Gasteiger partial charge >= 0.3 is 6.03 Å². The average molecular weight is 763 g/mol. The van der Waals surface area contributed by atoms with Crippen molar-refractivity contribution < 1.29 is 32.4 Å². The number of sulfonamides is 1. The highest BCUT2D eigenvalue weighted by Gasteiger charge is 2.70. The van der Waals surface area contributed by atoms with E-state index in [1.807, 2.05) is 48.5 Å². The van der Waals surface area contributed by atoms with Gasteiger partial charge in [-0.2, -0.15) is 4.31 Å². The van der Waals surface area contributed by atoms with Crippen molar-refractivity contribution in [2.24, 2.45) is 28.6 Å². The molecule has 0 bridgehead atoms. The van der Waals surface area contributed by atoms with Gasteiger partial charge in [-0.3, -0.25) is 19.2 Å². The lowest BCUT2D eigenvalue weighted by atomic mass is 9.83. The smallest absolute Gasteiger partial charge is 0.315 e. The molecule has 1 saturated heterocycles. The molecule has 5 rings (SSSR count). The van der Waals surface area contributed by atoms with Gasteiger partial charge < -0.3 is 26.2 Å². The molecule has 5 fully saturated rings. The summed E-state index contributed by atoms with van der Waals surface area (Å²) >= 11 is 0. The van der Waals surface area contributed by atoms with Crippen LogP contribution in [-0.4, -0.2) is 101 Å². The summed E-state index contributed by atoms with van der Waals surface area (Å²) in [7, 11) is -3.76. The standard InChI is InChI=1S/C39H66N6O7S/c1-10-45(37(5,6)7)53(51,52)23-39(20-12-11-13-21-39)43-35(50)42-31(36(2,3)4)34(49)44-22-26-28(38(26,8)9)29(44)32(47)41-27(19-16-24-14-15-24)30(46)33(48)40-25-17-18-25/h24-29,31H,10-23H2,1-9H3,(H,40,48)(H,41,47)(H2,42,43,50)/t26-,27-,28-,29-,31+/m0/s1. The molecule has 14 heteroatoms. The number of Topliss-reactive ketones (excluding diaryl/α,β-unsaturated/α-hetero) is 1. The van der Waals surface area contributed by atoms with Crippen molar-refractivity contribution in [3.8, 4) is 0 Å². The Balaban J connectivity index is 1.34. The molecule has 0 aromatic heterocycles. The molecule has 300 valence electrons. The van der Waals surface area contributed by atoms with E-state index < -0.39 is 74.2 Å². The van der Waals surface area contributed by atoms with E-state index >= 15 is 0 Å². The number of amides is 5. The molecule has 13 nitrogen and oxygen atoms in total. The summed E-state index contributed by atoms with van der Waals surface area (Å²) in [6, 6.07) is -3.49. The first-order valence-corrected chi connectivity index (χ1v) is 21.7. The van der Waals surface area contributed by atoms with Crippen LogP contribution in [0.1, 0.15) is 133 Å². The van der Waals surface area contributed by atoms with Crippen molar-refractivity contribution in [3.05, 3.63) is 0 Å². The van der Waals surface area contributed by atoms with E-state index in [4.69, 9.17) is 0 Å². The highest BCUT2D eigenvalue weighted by atomic mass is 32.2. The van der Waals surface area contributed by atoms with Crippen LogP contribution in [0.4, 0.5) is 4.79 Å². The van der Waals surface area contributed by atoms with E-state index in [0.717, 1.165) is 51.4 Å². The highest BCUT2D eigenvalue weighted by Crippen LogP contribution is 2.65. The maximum atomic E-state index is 14.6. The van der Waals surface area contributed by atoms with Crippen LogP contribution in [0.25, 0.3) is 0 Å². The number of hydrogen-bond acceptors (Lipinski definition) is 7. The van der Waals surface area contributed by atoms with Crippen molar-refractivity contribution in [2.45, 2.75) is 168 Å². The molecule has 4 saturated carbocycles. The zero-order valence-corrected chi connectivity index (χ0v) is 34.4. The summed E-state index contributed by atoms with van der Waals surface area (Å²) in [5.74, 6) is -2.00. The highest BCUT2D eigenvalue weighted by molar-refractivity contribution is 7.89. The van der Waals surface area contributed by atoms with Crippen LogP contribution in [0.5, 0.6) is 0 Å². The second-order valence-corrected chi connectivity index (χ2v) is 21.3.